The highest BCUT2D eigenvalue weighted by molar-refractivity contribution is 7.14. The molecular weight excluding hydrogens is 210 g/mol. The van der Waals surface area contributed by atoms with Crippen LogP contribution in [0.3, 0.4) is 0 Å². The van der Waals surface area contributed by atoms with Gasteiger partial charge in [0, 0.05) is 10.9 Å². The molecule has 2 N–H and O–H groups in total. The summed E-state index contributed by atoms with van der Waals surface area (Å²) in [6, 6.07) is 1.72. The van der Waals surface area contributed by atoms with Gasteiger partial charge in [-0.15, -0.1) is 11.3 Å². The number of aliphatic hydroxyl groups excluding tert-OH is 1. The smallest absolute Gasteiger partial charge is 0.261 e. The lowest BCUT2D eigenvalue weighted by molar-refractivity contribution is 0.0926. The molecule has 0 bridgehead atoms. The number of rotatable bonds is 4. The first-order valence-electron chi connectivity index (χ1n) is 5.09. The monoisotopic (exact) mass is 227 g/mol. The van der Waals surface area contributed by atoms with Gasteiger partial charge in [-0.3, -0.25) is 4.79 Å². The average molecular weight is 227 g/mol. The minimum atomic E-state index is -0.190. The Morgan fingerprint density at radius 1 is 1.67 bits per heavy atom. The number of amides is 1. The summed E-state index contributed by atoms with van der Waals surface area (Å²) in [6.45, 7) is 5.84. The van der Waals surface area contributed by atoms with Crippen LogP contribution in [0.2, 0.25) is 0 Å². The molecule has 0 aliphatic heterocycles. The van der Waals surface area contributed by atoms with Gasteiger partial charge in [0.2, 0.25) is 0 Å². The van der Waals surface area contributed by atoms with Gasteiger partial charge >= 0.3 is 0 Å². The molecule has 0 radical (unpaired) electrons. The molecule has 1 rings (SSSR count). The van der Waals surface area contributed by atoms with Crippen LogP contribution in [0, 0.1) is 6.92 Å². The lowest BCUT2D eigenvalue weighted by atomic mass is 10.2. The molecule has 1 atom stereocenters. The van der Waals surface area contributed by atoms with Crippen molar-refractivity contribution in [3.05, 3.63) is 21.4 Å². The van der Waals surface area contributed by atoms with Crippen LogP contribution in [0.15, 0.2) is 6.07 Å². The highest BCUT2D eigenvalue weighted by Gasteiger charge is 2.13. The van der Waals surface area contributed by atoms with Crippen molar-refractivity contribution >= 4 is 17.2 Å². The van der Waals surface area contributed by atoms with E-state index in [4.69, 9.17) is 5.11 Å². The van der Waals surface area contributed by atoms with Crippen molar-refractivity contribution < 1.29 is 9.90 Å². The summed E-state index contributed by atoms with van der Waals surface area (Å²) >= 11 is 1.53. The second kappa shape index (κ2) is 5.28. The summed E-state index contributed by atoms with van der Waals surface area (Å²) in [5, 5.41) is 11.6. The second-order valence-corrected chi connectivity index (χ2v) is 4.76. The molecule has 84 valence electrons. The van der Waals surface area contributed by atoms with Crippen molar-refractivity contribution in [3.63, 3.8) is 0 Å². The Morgan fingerprint density at radius 2 is 2.33 bits per heavy atom. The van der Waals surface area contributed by atoms with E-state index in [2.05, 4.69) is 12.2 Å². The maximum atomic E-state index is 11.7. The van der Waals surface area contributed by atoms with Gasteiger partial charge < -0.3 is 10.4 Å². The number of aliphatic hydroxyl groups is 1. The zero-order valence-corrected chi connectivity index (χ0v) is 10.1. The van der Waals surface area contributed by atoms with E-state index in [1.807, 2.05) is 13.0 Å². The van der Waals surface area contributed by atoms with Crippen molar-refractivity contribution in [1.29, 1.82) is 0 Å². The maximum absolute atomic E-state index is 11.7. The van der Waals surface area contributed by atoms with E-state index in [-0.39, 0.29) is 18.6 Å². The zero-order valence-electron chi connectivity index (χ0n) is 9.33. The van der Waals surface area contributed by atoms with Gasteiger partial charge in [0.25, 0.3) is 5.91 Å². The largest absolute Gasteiger partial charge is 0.394 e. The van der Waals surface area contributed by atoms with Gasteiger partial charge in [-0.1, -0.05) is 6.92 Å². The number of carbonyl (C=O) groups is 1. The van der Waals surface area contributed by atoms with E-state index >= 15 is 0 Å². The molecule has 1 amide bonds. The molecule has 0 aromatic carbocycles. The molecule has 1 aromatic heterocycles. The summed E-state index contributed by atoms with van der Waals surface area (Å²) in [5.41, 5.74) is 1.17. The quantitative estimate of drug-likeness (QED) is 0.823. The third-order valence-corrected chi connectivity index (χ3v) is 3.60. The number of nitrogens with one attached hydrogen (secondary N) is 1. The number of thiophene rings is 1. The molecule has 0 fully saturated rings. The minimum Gasteiger partial charge on any atom is -0.394 e. The Hall–Kier alpha value is -0.870. The van der Waals surface area contributed by atoms with Crippen molar-refractivity contribution in [3.8, 4) is 0 Å². The van der Waals surface area contributed by atoms with E-state index in [1.54, 1.807) is 6.92 Å². The Kier molecular flexibility index (Phi) is 4.29. The van der Waals surface area contributed by atoms with Gasteiger partial charge in [-0.2, -0.15) is 0 Å². The topological polar surface area (TPSA) is 49.3 Å². The van der Waals surface area contributed by atoms with Gasteiger partial charge in [-0.05, 0) is 31.9 Å². The van der Waals surface area contributed by atoms with Crippen molar-refractivity contribution in [2.45, 2.75) is 33.2 Å². The third-order valence-electron chi connectivity index (χ3n) is 2.22. The normalized spacial score (nSPS) is 12.5. The zero-order chi connectivity index (χ0) is 11.4. The second-order valence-electron chi connectivity index (χ2n) is 3.63. The van der Waals surface area contributed by atoms with Crippen molar-refractivity contribution in [1.82, 2.24) is 5.32 Å². The number of carbonyl (C=O) groups excluding carboxylic acids is 1. The van der Waals surface area contributed by atoms with Crippen LogP contribution in [-0.4, -0.2) is 23.7 Å². The Morgan fingerprint density at radius 3 is 2.80 bits per heavy atom. The van der Waals surface area contributed by atoms with Gasteiger partial charge in [0.1, 0.15) is 0 Å². The fourth-order valence-electron chi connectivity index (χ4n) is 1.32. The molecule has 1 aromatic rings. The van der Waals surface area contributed by atoms with Gasteiger partial charge in [-0.25, -0.2) is 0 Å². The van der Waals surface area contributed by atoms with E-state index in [1.165, 1.54) is 21.8 Å². The van der Waals surface area contributed by atoms with Crippen molar-refractivity contribution in [2.24, 2.45) is 0 Å². The molecule has 3 nitrogen and oxygen atoms in total. The molecule has 1 unspecified atom stereocenters. The van der Waals surface area contributed by atoms with Crippen molar-refractivity contribution in [2.75, 3.05) is 6.61 Å². The lowest BCUT2D eigenvalue weighted by Gasteiger charge is -2.08. The first-order valence-corrected chi connectivity index (χ1v) is 5.91. The highest BCUT2D eigenvalue weighted by Crippen LogP contribution is 2.22. The molecule has 4 heteroatoms. The van der Waals surface area contributed by atoms with E-state index in [0.717, 1.165) is 11.3 Å². The van der Waals surface area contributed by atoms with Gasteiger partial charge in [0.15, 0.2) is 0 Å². The summed E-state index contributed by atoms with van der Waals surface area (Å²) in [5.74, 6) is -0.0932. The van der Waals surface area contributed by atoms with E-state index < -0.39 is 0 Å². The number of hydrogen-bond acceptors (Lipinski definition) is 3. The molecule has 15 heavy (non-hydrogen) atoms. The first-order chi connectivity index (χ1) is 7.08. The lowest BCUT2D eigenvalue weighted by Crippen LogP contribution is -2.34. The SMILES string of the molecule is CCc1sc(C(=O)NC(C)CO)cc1C. The Balaban J connectivity index is 2.74. The Bertz CT molecular complexity index is 346. The Labute approximate surface area is 94.1 Å². The van der Waals surface area contributed by atoms with Crippen LogP contribution in [0.1, 0.15) is 34.0 Å². The predicted molar refractivity (Wildman–Crippen MR) is 62.4 cm³/mol. The van der Waals surface area contributed by atoms with E-state index in [0.29, 0.717) is 0 Å². The van der Waals surface area contributed by atoms with Gasteiger partial charge in [0.05, 0.1) is 11.5 Å². The molecule has 0 saturated carbocycles. The van der Waals surface area contributed by atoms with E-state index in [9.17, 15) is 4.79 Å². The van der Waals surface area contributed by atoms with Crippen LogP contribution in [0.4, 0.5) is 0 Å². The summed E-state index contributed by atoms with van der Waals surface area (Å²) < 4.78 is 0. The molecule has 1 heterocycles. The highest BCUT2D eigenvalue weighted by atomic mass is 32.1. The van der Waals surface area contributed by atoms with Crippen LogP contribution in [0.5, 0.6) is 0 Å². The predicted octanol–water partition coefficient (Wildman–Crippen LogP) is 1.73. The number of aryl methyl sites for hydroxylation is 2. The molecule has 0 spiro atoms. The van der Waals surface area contributed by atoms with Crippen LogP contribution in [0.25, 0.3) is 0 Å². The van der Waals surface area contributed by atoms with Crippen LogP contribution < -0.4 is 5.32 Å². The fraction of sp³-hybridized carbons (Fsp3) is 0.545. The minimum absolute atomic E-state index is 0.0310. The summed E-state index contributed by atoms with van der Waals surface area (Å²) in [6.07, 6.45) is 0.958. The van der Waals surface area contributed by atoms with Crippen LogP contribution >= 0.6 is 11.3 Å². The first kappa shape index (κ1) is 12.2. The summed E-state index contributed by atoms with van der Waals surface area (Å²) in [7, 11) is 0. The molecule has 0 aliphatic carbocycles. The standard InChI is InChI=1S/C11H17NO2S/c1-4-9-7(2)5-10(15-9)11(14)12-8(3)6-13/h5,8,13H,4,6H2,1-3H3,(H,12,14). The maximum Gasteiger partial charge on any atom is 0.261 e. The molecule has 0 saturated heterocycles. The average Bonchev–Trinajstić information content (AvgIpc) is 2.59. The third kappa shape index (κ3) is 3.04. The molecule has 0 aliphatic rings. The molecular formula is C11H17NO2S. The fourth-order valence-corrected chi connectivity index (χ4v) is 2.34. The summed E-state index contributed by atoms with van der Waals surface area (Å²) in [4.78, 5) is 13.7. The van der Waals surface area contributed by atoms with Crippen LogP contribution in [-0.2, 0) is 6.42 Å². The number of hydrogen-bond donors (Lipinski definition) is 2.